The molecule has 0 heterocycles. The molecule has 0 fully saturated rings. The van der Waals surface area contributed by atoms with Crippen LogP contribution in [0.4, 0.5) is 0 Å². The van der Waals surface area contributed by atoms with E-state index in [0.717, 1.165) is 19.1 Å². The Bertz CT molecular complexity index is 204. The standard InChI is InChI=1S/C12H25NO2/c1-6-7-12(4,10-15)8-13(5)11(2,3)9-14/h10,14H,6-9H2,1-5H3. The minimum absolute atomic E-state index is 0.102. The van der Waals surface area contributed by atoms with Gasteiger partial charge in [-0.3, -0.25) is 4.90 Å². The second-order valence-electron chi connectivity index (χ2n) is 5.35. The van der Waals surface area contributed by atoms with E-state index in [4.69, 9.17) is 0 Å². The summed E-state index contributed by atoms with van der Waals surface area (Å²) >= 11 is 0. The van der Waals surface area contributed by atoms with Crippen molar-refractivity contribution in [3.8, 4) is 0 Å². The van der Waals surface area contributed by atoms with Gasteiger partial charge in [0.2, 0.25) is 0 Å². The molecule has 15 heavy (non-hydrogen) atoms. The lowest BCUT2D eigenvalue weighted by Crippen LogP contribution is -2.49. The van der Waals surface area contributed by atoms with E-state index in [1.807, 2.05) is 27.8 Å². The Hall–Kier alpha value is -0.410. The summed E-state index contributed by atoms with van der Waals surface area (Å²) in [6.45, 7) is 8.81. The second kappa shape index (κ2) is 5.61. The van der Waals surface area contributed by atoms with Gasteiger partial charge in [-0.2, -0.15) is 0 Å². The van der Waals surface area contributed by atoms with E-state index in [0.29, 0.717) is 6.54 Å². The summed E-state index contributed by atoms with van der Waals surface area (Å²) < 4.78 is 0. The Morgan fingerprint density at radius 1 is 1.33 bits per heavy atom. The van der Waals surface area contributed by atoms with Crippen LogP contribution in [0.15, 0.2) is 0 Å². The third-order valence-corrected chi connectivity index (χ3v) is 3.12. The maximum atomic E-state index is 11.1. The molecule has 0 amide bonds. The highest BCUT2D eigenvalue weighted by Crippen LogP contribution is 2.24. The number of aliphatic hydroxyl groups excluding tert-OH is 1. The molecule has 0 aromatic carbocycles. The molecule has 1 atom stereocenters. The van der Waals surface area contributed by atoms with E-state index < -0.39 is 0 Å². The fraction of sp³-hybridized carbons (Fsp3) is 0.917. The first-order valence-electron chi connectivity index (χ1n) is 5.60. The SMILES string of the molecule is CCCC(C)(C=O)CN(C)C(C)(C)CO. The van der Waals surface area contributed by atoms with Crippen LogP contribution in [0.3, 0.4) is 0 Å². The van der Waals surface area contributed by atoms with Crippen LogP contribution in [0, 0.1) is 5.41 Å². The van der Waals surface area contributed by atoms with Gasteiger partial charge in [0.05, 0.1) is 6.61 Å². The first-order valence-corrected chi connectivity index (χ1v) is 5.60. The van der Waals surface area contributed by atoms with Crippen molar-refractivity contribution in [1.82, 2.24) is 4.90 Å². The molecule has 90 valence electrons. The molecule has 0 saturated heterocycles. The summed E-state index contributed by atoms with van der Waals surface area (Å²) in [6, 6.07) is 0. The van der Waals surface area contributed by atoms with Crippen LogP contribution in [0.1, 0.15) is 40.5 Å². The number of carbonyl (C=O) groups excluding carboxylic acids is 1. The number of aldehydes is 1. The van der Waals surface area contributed by atoms with Gasteiger partial charge in [0.1, 0.15) is 6.29 Å². The van der Waals surface area contributed by atoms with Crippen molar-refractivity contribution in [2.24, 2.45) is 5.41 Å². The molecule has 1 N–H and O–H groups in total. The summed E-state index contributed by atoms with van der Waals surface area (Å²) in [5.41, 5.74) is -0.562. The van der Waals surface area contributed by atoms with Crippen LogP contribution in [-0.4, -0.2) is 42.0 Å². The number of carbonyl (C=O) groups is 1. The first-order chi connectivity index (χ1) is 6.81. The molecule has 0 radical (unpaired) electrons. The minimum Gasteiger partial charge on any atom is -0.394 e. The largest absolute Gasteiger partial charge is 0.394 e. The highest BCUT2D eigenvalue weighted by atomic mass is 16.3. The Balaban J connectivity index is 4.48. The van der Waals surface area contributed by atoms with Gasteiger partial charge in [-0.05, 0) is 27.3 Å². The second-order valence-corrected chi connectivity index (χ2v) is 5.35. The molecule has 0 aliphatic rings. The van der Waals surface area contributed by atoms with Gasteiger partial charge in [-0.25, -0.2) is 0 Å². The molecule has 0 aromatic heterocycles. The predicted octanol–water partition coefficient (Wildman–Crippen LogP) is 1.69. The smallest absolute Gasteiger partial charge is 0.127 e. The predicted molar refractivity (Wildman–Crippen MR) is 62.9 cm³/mol. The average molecular weight is 215 g/mol. The van der Waals surface area contributed by atoms with Crippen molar-refractivity contribution >= 4 is 6.29 Å². The number of nitrogens with zero attached hydrogens (tertiary/aromatic N) is 1. The first kappa shape index (κ1) is 14.6. The number of likely N-dealkylation sites (N-methyl/N-ethyl adjacent to an activating group) is 1. The van der Waals surface area contributed by atoms with Crippen LogP contribution in [0.5, 0.6) is 0 Å². The molecule has 0 rings (SSSR count). The Kier molecular flexibility index (Phi) is 5.46. The average Bonchev–Trinajstić information content (AvgIpc) is 2.18. The highest BCUT2D eigenvalue weighted by molar-refractivity contribution is 5.59. The molecule has 0 bridgehead atoms. The summed E-state index contributed by atoms with van der Waals surface area (Å²) in [5.74, 6) is 0. The normalized spacial score (nSPS) is 16.5. The zero-order valence-electron chi connectivity index (χ0n) is 10.7. The lowest BCUT2D eigenvalue weighted by Gasteiger charge is -2.38. The minimum atomic E-state index is -0.296. The maximum Gasteiger partial charge on any atom is 0.127 e. The molecular weight excluding hydrogens is 190 g/mol. The molecule has 0 aliphatic carbocycles. The zero-order chi connectivity index (χ0) is 12.1. The summed E-state index contributed by atoms with van der Waals surface area (Å²) in [5, 5.41) is 9.23. The van der Waals surface area contributed by atoms with E-state index in [1.54, 1.807) is 0 Å². The van der Waals surface area contributed by atoms with Crippen molar-refractivity contribution in [3.63, 3.8) is 0 Å². The molecule has 3 heteroatoms. The van der Waals surface area contributed by atoms with Gasteiger partial charge in [-0.15, -0.1) is 0 Å². The molecule has 3 nitrogen and oxygen atoms in total. The Morgan fingerprint density at radius 2 is 1.87 bits per heavy atom. The lowest BCUT2D eigenvalue weighted by atomic mass is 9.85. The van der Waals surface area contributed by atoms with Crippen molar-refractivity contribution < 1.29 is 9.90 Å². The van der Waals surface area contributed by atoms with Crippen LogP contribution < -0.4 is 0 Å². The van der Waals surface area contributed by atoms with Crippen molar-refractivity contribution in [2.45, 2.75) is 46.1 Å². The summed E-state index contributed by atoms with van der Waals surface area (Å²) in [4.78, 5) is 13.1. The molecule has 0 aromatic rings. The van der Waals surface area contributed by atoms with E-state index in [9.17, 15) is 9.90 Å². The van der Waals surface area contributed by atoms with Gasteiger partial charge >= 0.3 is 0 Å². The van der Waals surface area contributed by atoms with Crippen molar-refractivity contribution in [2.75, 3.05) is 20.2 Å². The van der Waals surface area contributed by atoms with E-state index in [1.165, 1.54) is 0 Å². The van der Waals surface area contributed by atoms with Crippen LogP contribution in [0.2, 0.25) is 0 Å². The van der Waals surface area contributed by atoms with E-state index >= 15 is 0 Å². The molecule has 0 saturated carbocycles. The fourth-order valence-electron chi connectivity index (χ4n) is 1.62. The maximum absolute atomic E-state index is 11.1. The quantitative estimate of drug-likeness (QED) is 0.657. The van der Waals surface area contributed by atoms with Crippen LogP contribution in [0.25, 0.3) is 0 Å². The number of hydrogen-bond donors (Lipinski definition) is 1. The van der Waals surface area contributed by atoms with E-state index in [-0.39, 0.29) is 17.6 Å². The van der Waals surface area contributed by atoms with E-state index in [2.05, 4.69) is 11.8 Å². The summed E-state index contributed by atoms with van der Waals surface area (Å²) in [6.07, 6.45) is 2.94. The third kappa shape index (κ3) is 4.31. The van der Waals surface area contributed by atoms with Crippen molar-refractivity contribution in [3.05, 3.63) is 0 Å². The Morgan fingerprint density at radius 3 is 2.20 bits per heavy atom. The van der Waals surface area contributed by atoms with Crippen molar-refractivity contribution in [1.29, 1.82) is 0 Å². The molecular formula is C12H25NO2. The van der Waals surface area contributed by atoms with Gasteiger partial charge in [0, 0.05) is 17.5 Å². The number of aliphatic hydroxyl groups is 1. The fourth-order valence-corrected chi connectivity index (χ4v) is 1.62. The molecule has 0 spiro atoms. The highest BCUT2D eigenvalue weighted by Gasteiger charge is 2.30. The number of rotatable bonds is 7. The number of hydrogen-bond acceptors (Lipinski definition) is 3. The zero-order valence-corrected chi connectivity index (χ0v) is 10.7. The molecule has 1 unspecified atom stereocenters. The van der Waals surface area contributed by atoms with Gasteiger partial charge in [-0.1, -0.05) is 20.3 Å². The monoisotopic (exact) mass is 215 g/mol. The summed E-state index contributed by atoms with van der Waals surface area (Å²) in [7, 11) is 1.95. The topological polar surface area (TPSA) is 40.5 Å². The lowest BCUT2D eigenvalue weighted by molar-refractivity contribution is -0.117. The van der Waals surface area contributed by atoms with Gasteiger partial charge < -0.3 is 9.90 Å². The molecule has 0 aliphatic heterocycles. The van der Waals surface area contributed by atoms with Crippen LogP contribution >= 0.6 is 0 Å². The van der Waals surface area contributed by atoms with Gasteiger partial charge in [0.15, 0.2) is 0 Å². The third-order valence-electron chi connectivity index (χ3n) is 3.12. The Labute approximate surface area is 93.5 Å². The van der Waals surface area contributed by atoms with Gasteiger partial charge in [0.25, 0.3) is 0 Å². The van der Waals surface area contributed by atoms with Crippen LogP contribution in [-0.2, 0) is 4.79 Å².